The second-order valence-corrected chi connectivity index (χ2v) is 6.06. The third kappa shape index (κ3) is 2.67. The lowest BCUT2D eigenvalue weighted by Gasteiger charge is -2.42. The summed E-state index contributed by atoms with van der Waals surface area (Å²) in [5, 5.41) is 0. The van der Waals surface area contributed by atoms with Crippen molar-refractivity contribution < 1.29 is 9.53 Å². The van der Waals surface area contributed by atoms with Gasteiger partial charge in [0.15, 0.2) is 0 Å². The number of carbonyl (C=O) groups is 1. The fraction of sp³-hybridized carbons (Fsp3) is 0.917. The molecule has 0 bridgehead atoms. The number of amides is 1. The van der Waals surface area contributed by atoms with E-state index in [1.54, 1.807) is 4.90 Å². The Morgan fingerprint density at radius 3 is 2.31 bits per heavy atom. The SMILES string of the molecule is CC(C)(C)OC(=O)N1CC(C(N)C2CC2)C1. The highest BCUT2D eigenvalue weighted by molar-refractivity contribution is 5.69. The summed E-state index contributed by atoms with van der Waals surface area (Å²) in [5.41, 5.74) is 5.69. The summed E-state index contributed by atoms with van der Waals surface area (Å²) in [4.78, 5) is 13.4. The largest absolute Gasteiger partial charge is 0.444 e. The average Bonchev–Trinajstić information content (AvgIpc) is 2.77. The van der Waals surface area contributed by atoms with Crippen LogP contribution in [0.1, 0.15) is 33.6 Å². The van der Waals surface area contributed by atoms with E-state index in [9.17, 15) is 4.79 Å². The molecular formula is C12H22N2O2. The Bertz CT molecular complexity index is 275. The number of nitrogens with zero attached hydrogens (tertiary/aromatic N) is 1. The summed E-state index contributed by atoms with van der Waals surface area (Å²) in [5.74, 6) is 1.20. The van der Waals surface area contributed by atoms with Crippen LogP contribution in [0.5, 0.6) is 0 Å². The second-order valence-electron chi connectivity index (χ2n) is 6.06. The van der Waals surface area contributed by atoms with E-state index in [4.69, 9.17) is 10.5 Å². The molecule has 0 aromatic heterocycles. The number of ether oxygens (including phenoxy) is 1. The standard InChI is InChI=1S/C12H22N2O2/c1-12(2,3)16-11(15)14-6-9(7-14)10(13)8-4-5-8/h8-10H,4-7,13H2,1-3H3. The van der Waals surface area contributed by atoms with Crippen molar-refractivity contribution in [3.05, 3.63) is 0 Å². The molecule has 2 fully saturated rings. The van der Waals surface area contributed by atoms with Gasteiger partial charge in [0.1, 0.15) is 5.60 Å². The number of nitrogens with two attached hydrogens (primary N) is 1. The van der Waals surface area contributed by atoms with Gasteiger partial charge in [-0.1, -0.05) is 0 Å². The fourth-order valence-electron chi connectivity index (χ4n) is 2.10. The normalized spacial score (nSPS) is 23.9. The van der Waals surface area contributed by atoms with Gasteiger partial charge >= 0.3 is 6.09 Å². The van der Waals surface area contributed by atoms with Crippen LogP contribution in [0.25, 0.3) is 0 Å². The molecule has 4 nitrogen and oxygen atoms in total. The van der Waals surface area contributed by atoms with Crippen LogP contribution in [0, 0.1) is 11.8 Å². The molecule has 1 atom stereocenters. The maximum Gasteiger partial charge on any atom is 0.410 e. The van der Waals surface area contributed by atoms with E-state index >= 15 is 0 Å². The van der Waals surface area contributed by atoms with Crippen molar-refractivity contribution in [2.24, 2.45) is 17.6 Å². The number of carbonyl (C=O) groups excluding carboxylic acids is 1. The number of hydrogen-bond acceptors (Lipinski definition) is 3. The van der Waals surface area contributed by atoms with E-state index in [0.29, 0.717) is 17.9 Å². The summed E-state index contributed by atoms with van der Waals surface area (Å²) < 4.78 is 5.29. The minimum absolute atomic E-state index is 0.202. The number of likely N-dealkylation sites (tertiary alicyclic amines) is 1. The molecular weight excluding hydrogens is 204 g/mol. The zero-order chi connectivity index (χ0) is 11.9. The lowest BCUT2D eigenvalue weighted by atomic mass is 9.89. The topological polar surface area (TPSA) is 55.6 Å². The van der Waals surface area contributed by atoms with Gasteiger partial charge in [0, 0.05) is 25.0 Å². The minimum Gasteiger partial charge on any atom is -0.444 e. The van der Waals surface area contributed by atoms with Gasteiger partial charge in [0.2, 0.25) is 0 Å². The summed E-state index contributed by atoms with van der Waals surface area (Å²) in [6.45, 7) is 7.20. The number of hydrogen-bond donors (Lipinski definition) is 1. The molecule has 16 heavy (non-hydrogen) atoms. The summed E-state index contributed by atoms with van der Waals surface area (Å²) in [6, 6.07) is 0.290. The third-order valence-corrected chi connectivity index (χ3v) is 3.27. The Labute approximate surface area is 97.1 Å². The van der Waals surface area contributed by atoms with Crippen molar-refractivity contribution in [3.63, 3.8) is 0 Å². The first-order valence-corrected chi connectivity index (χ1v) is 6.10. The first-order valence-electron chi connectivity index (χ1n) is 6.10. The molecule has 0 aromatic carbocycles. The predicted molar refractivity (Wildman–Crippen MR) is 62.0 cm³/mol. The highest BCUT2D eigenvalue weighted by Crippen LogP contribution is 2.37. The molecule has 1 aliphatic carbocycles. The van der Waals surface area contributed by atoms with Crippen molar-refractivity contribution in [2.45, 2.75) is 45.3 Å². The maximum absolute atomic E-state index is 11.7. The Kier molecular flexibility index (Phi) is 2.86. The molecule has 2 aliphatic rings. The van der Waals surface area contributed by atoms with Crippen LogP contribution in [0.15, 0.2) is 0 Å². The van der Waals surface area contributed by atoms with Crippen LogP contribution >= 0.6 is 0 Å². The molecule has 0 radical (unpaired) electrons. The average molecular weight is 226 g/mol. The van der Waals surface area contributed by atoms with Crippen LogP contribution in [-0.4, -0.2) is 35.7 Å². The summed E-state index contributed by atoms with van der Waals surface area (Å²) in [7, 11) is 0. The van der Waals surface area contributed by atoms with Gasteiger partial charge in [-0.05, 0) is 39.5 Å². The fourth-order valence-corrected chi connectivity index (χ4v) is 2.10. The van der Waals surface area contributed by atoms with E-state index in [0.717, 1.165) is 13.1 Å². The molecule has 1 heterocycles. The highest BCUT2D eigenvalue weighted by atomic mass is 16.6. The van der Waals surface area contributed by atoms with Crippen molar-refractivity contribution >= 4 is 6.09 Å². The maximum atomic E-state index is 11.7. The molecule has 1 aliphatic heterocycles. The van der Waals surface area contributed by atoms with E-state index in [1.807, 2.05) is 20.8 Å². The molecule has 92 valence electrons. The monoisotopic (exact) mass is 226 g/mol. The van der Waals surface area contributed by atoms with Gasteiger partial charge in [-0.15, -0.1) is 0 Å². The van der Waals surface area contributed by atoms with Crippen LogP contribution in [0.2, 0.25) is 0 Å². The van der Waals surface area contributed by atoms with Crippen molar-refractivity contribution in [2.75, 3.05) is 13.1 Å². The van der Waals surface area contributed by atoms with Crippen LogP contribution < -0.4 is 5.73 Å². The highest BCUT2D eigenvalue weighted by Gasteiger charge is 2.42. The minimum atomic E-state index is -0.402. The first kappa shape index (κ1) is 11.7. The molecule has 0 aromatic rings. The van der Waals surface area contributed by atoms with Gasteiger partial charge in [-0.2, -0.15) is 0 Å². The molecule has 1 saturated carbocycles. The smallest absolute Gasteiger partial charge is 0.410 e. The predicted octanol–water partition coefficient (Wildman–Crippen LogP) is 1.59. The molecule has 2 N–H and O–H groups in total. The van der Waals surface area contributed by atoms with Gasteiger partial charge < -0.3 is 15.4 Å². The molecule has 4 heteroatoms. The molecule has 0 spiro atoms. The van der Waals surface area contributed by atoms with Gasteiger partial charge in [0.25, 0.3) is 0 Å². The van der Waals surface area contributed by atoms with Crippen molar-refractivity contribution in [1.29, 1.82) is 0 Å². The molecule has 1 amide bonds. The van der Waals surface area contributed by atoms with Crippen LogP contribution in [0.3, 0.4) is 0 Å². The third-order valence-electron chi connectivity index (χ3n) is 3.27. The van der Waals surface area contributed by atoms with Gasteiger partial charge in [-0.25, -0.2) is 4.79 Å². The Morgan fingerprint density at radius 2 is 1.88 bits per heavy atom. The quantitative estimate of drug-likeness (QED) is 0.778. The molecule has 1 unspecified atom stereocenters. The van der Waals surface area contributed by atoms with E-state index in [1.165, 1.54) is 12.8 Å². The Morgan fingerprint density at radius 1 is 1.31 bits per heavy atom. The Balaban J connectivity index is 1.73. The number of rotatable bonds is 2. The Hall–Kier alpha value is -0.770. The van der Waals surface area contributed by atoms with Crippen molar-refractivity contribution in [3.8, 4) is 0 Å². The molecule has 2 rings (SSSR count). The van der Waals surface area contributed by atoms with Crippen LogP contribution in [0.4, 0.5) is 4.79 Å². The molecule has 1 saturated heterocycles. The van der Waals surface area contributed by atoms with Gasteiger partial charge in [-0.3, -0.25) is 0 Å². The summed E-state index contributed by atoms with van der Waals surface area (Å²) >= 11 is 0. The van der Waals surface area contributed by atoms with Crippen molar-refractivity contribution in [1.82, 2.24) is 4.90 Å². The first-order chi connectivity index (χ1) is 7.37. The second kappa shape index (κ2) is 3.91. The lowest BCUT2D eigenvalue weighted by molar-refractivity contribution is -0.00574. The van der Waals surface area contributed by atoms with Gasteiger partial charge in [0.05, 0.1) is 0 Å². The van der Waals surface area contributed by atoms with E-state index < -0.39 is 5.60 Å². The zero-order valence-electron chi connectivity index (χ0n) is 10.4. The zero-order valence-corrected chi connectivity index (χ0v) is 10.4. The van der Waals surface area contributed by atoms with E-state index in [-0.39, 0.29) is 6.09 Å². The van der Waals surface area contributed by atoms with E-state index in [2.05, 4.69) is 0 Å². The summed E-state index contributed by atoms with van der Waals surface area (Å²) in [6.07, 6.45) is 2.33. The lowest BCUT2D eigenvalue weighted by Crippen LogP contribution is -2.57. The van der Waals surface area contributed by atoms with Crippen LogP contribution in [-0.2, 0) is 4.74 Å².